The summed E-state index contributed by atoms with van der Waals surface area (Å²) in [6, 6.07) is 14.4. The van der Waals surface area contributed by atoms with Crippen LogP contribution in [0.3, 0.4) is 0 Å². The van der Waals surface area contributed by atoms with Crippen LogP contribution in [0.2, 0.25) is 0 Å². The van der Waals surface area contributed by atoms with Gasteiger partial charge in [0.1, 0.15) is 5.01 Å². The first-order valence-electron chi connectivity index (χ1n) is 8.13. The van der Waals surface area contributed by atoms with Crippen molar-refractivity contribution in [1.82, 2.24) is 10.3 Å². The van der Waals surface area contributed by atoms with E-state index in [1.807, 2.05) is 24.4 Å². The van der Waals surface area contributed by atoms with Gasteiger partial charge in [0.25, 0.3) is 0 Å². The summed E-state index contributed by atoms with van der Waals surface area (Å²) in [6.07, 6.45) is 1.94. The molecule has 0 saturated carbocycles. The van der Waals surface area contributed by atoms with E-state index < -0.39 is 0 Å². The Hall–Kier alpha value is -2.37. The van der Waals surface area contributed by atoms with Crippen LogP contribution in [0.5, 0.6) is 11.5 Å². The third-order valence-electron chi connectivity index (χ3n) is 3.97. The molecule has 0 bridgehead atoms. The summed E-state index contributed by atoms with van der Waals surface area (Å²) in [5.74, 6) is 1.52. The van der Waals surface area contributed by atoms with Gasteiger partial charge < -0.3 is 14.8 Å². The summed E-state index contributed by atoms with van der Waals surface area (Å²) in [5.41, 5.74) is 3.54. The summed E-state index contributed by atoms with van der Waals surface area (Å²) in [7, 11) is 3.31. The first-order chi connectivity index (χ1) is 12.2. The summed E-state index contributed by atoms with van der Waals surface area (Å²) in [4.78, 5) is 5.71. The van der Waals surface area contributed by atoms with Crippen molar-refractivity contribution in [2.75, 3.05) is 14.2 Å². The molecule has 0 atom stereocenters. The zero-order valence-corrected chi connectivity index (χ0v) is 15.5. The van der Waals surface area contributed by atoms with Gasteiger partial charge in [-0.1, -0.05) is 42.0 Å². The minimum absolute atomic E-state index is 0.694. The molecule has 0 saturated heterocycles. The monoisotopic (exact) mass is 354 g/mol. The Balaban J connectivity index is 1.63. The number of ether oxygens (including phenoxy) is 2. The lowest BCUT2D eigenvalue weighted by molar-refractivity contribution is 0.350. The van der Waals surface area contributed by atoms with Crippen molar-refractivity contribution < 1.29 is 9.47 Å². The van der Waals surface area contributed by atoms with Crippen LogP contribution in [0.1, 0.15) is 16.1 Å². The van der Waals surface area contributed by atoms with Crippen molar-refractivity contribution in [3.8, 4) is 21.9 Å². The van der Waals surface area contributed by atoms with E-state index in [-0.39, 0.29) is 0 Å². The lowest BCUT2D eigenvalue weighted by atomic mass is 10.1. The van der Waals surface area contributed by atoms with Gasteiger partial charge in [0.2, 0.25) is 0 Å². The molecule has 130 valence electrons. The second-order valence-corrected chi connectivity index (χ2v) is 6.86. The van der Waals surface area contributed by atoms with Crippen molar-refractivity contribution in [2.24, 2.45) is 0 Å². The van der Waals surface area contributed by atoms with E-state index >= 15 is 0 Å². The molecule has 3 aromatic rings. The van der Waals surface area contributed by atoms with Crippen LogP contribution in [0, 0.1) is 6.92 Å². The third kappa shape index (κ3) is 4.18. The Morgan fingerprint density at radius 2 is 1.80 bits per heavy atom. The zero-order chi connectivity index (χ0) is 17.6. The maximum Gasteiger partial charge on any atom is 0.165 e. The molecule has 0 aliphatic rings. The number of benzene rings is 2. The molecule has 5 heteroatoms. The number of methoxy groups -OCH3 is 2. The van der Waals surface area contributed by atoms with Crippen molar-refractivity contribution in [3.63, 3.8) is 0 Å². The average Bonchev–Trinajstić information content (AvgIpc) is 3.11. The minimum atomic E-state index is 0.694. The highest BCUT2D eigenvalue weighted by atomic mass is 32.1. The second-order valence-electron chi connectivity index (χ2n) is 5.74. The molecular formula is C20H22N2O2S. The molecule has 3 rings (SSSR count). The number of thiazole rings is 1. The largest absolute Gasteiger partial charge is 0.493 e. The van der Waals surface area contributed by atoms with Crippen LogP contribution in [0.25, 0.3) is 10.4 Å². The molecule has 1 N–H and O–H groups in total. The molecule has 0 unspecified atom stereocenters. The normalized spacial score (nSPS) is 10.7. The van der Waals surface area contributed by atoms with Gasteiger partial charge in [-0.25, -0.2) is 4.98 Å². The summed E-state index contributed by atoms with van der Waals surface area (Å²) in [6.45, 7) is 3.51. The van der Waals surface area contributed by atoms with Crippen LogP contribution < -0.4 is 14.8 Å². The van der Waals surface area contributed by atoms with Crippen molar-refractivity contribution in [3.05, 3.63) is 64.8 Å². The van der Waals surface area contributed by atoms with Crippen LogP contribution in [0.15, 0.2) is 48.7 Å². The Bertz CT molecular complexity index is 828. The van der Waals surface area contributed by atoms with E-state index in [9.17, 15) is 0 Å². The molecule has 0 spiro atoms. The number of para-hydroxylation sites is 1. The van der Waals surface area contributed by atoms with Crippen LogP contribution >= 0.6 is 11.3 Å². The molecule has 25 heavy (non-hydrogen) atoms. The lowest BCUT2D eigenvalue weighted by Gasteiger charge is -2.12. The first kappa shape index (κ1) is 17.5. The highest BCUT2D eigenvalue weighted by Crippen LogP contribution is 2.31. The fourth-order valence-electron chi connectivity index (χ4n) is 2.64. The minimum Gasteiger partial charge on any atom is -0.493 e. The number of nitrogens with one attached hydrogen (secondary N) is 1. The van der Waals surface area contributed by atoms with E-state index in [0.29, 0.717) is 6.54 Å². The third-order valence-corrected chi connectivity index (χ3v) is 5.01. The van der Waals surface area contributed by atoms with Crippen LogP contribution in [0.4, 0.5) is 0 Å². The highest BCUT2D eigenvalue weighted by molar-refractivity contribution is 7.15. The van der Waals surface area contributed by atoms with Gasteiger partial charge in [-0.05, 0) is 18.6 Å². The van der Waals surface area contributed by atoms with Crippen LogP contribution in [-0.2, 0) is 13.1 Å². The average molecular weight is 354 g/mol. The molecule has 0 fully saturated rings. The summed E-state index contributed by atoms with van der Waals surface area (Å²) in [5, 5.41) is 4.50. The standard InChI is InChI=1S/C20H22N2O2S/c1-14-7-9-15(10-8-14)18-12-22-19(25-18)13-21-11-16-5-4-6-17(23-2)20(16)24-3/h4-10,12,21H,11,13H2,1-3H3. The van der Waals surface area contributed by atoms with Gasteiger partial charge in [-0.3, -0.25) is 0 Å². The van der Waals surface area contributed by atoms with Gasteiger partial charge >= 0.3 is 0 Å². The smallest absolute Gasteiger partial charge is 0.165 e. The molecule has 0 aliphatic carbocycles. The number of rotatable bonds is 7. The first-order valence-corrected chi connectivity index (χ1v) is 8.95. The van der Waals surface area contributed by atoms with Gasteiger partial charge in [0, 0.05) is 24.8 Å². The molecule has 4 nitrogen and oxygen atoms in total. The Morgan fingerprint density at radius 1 is 1.00 bits per heavy atom. The molecule has 1 aromatic heterocycles. The topological polar surface area (TPSA) is 43.4 Å². The van der Waals surface area contributed by atoms with E-state index in [0.717, 1.165) is 28.6 Å². The Kier molecular flexibility index (Phi) is 5.68. The molecular weight excluding hydrogens is 332 g/mol. The number of hydrogen-bond donors (Lipinski definition) is 1. The molecule has 0 aliphatic heterocycles. The predicted molar refractivity (Wildman–Crippen MR) is 102 cm³/mol. The number of aryl methyl sites for hydroxylation is 1. The lowest BCUT2D eigenvalue weighted by Crippen LogP contribution is -2.13. The molecule has 0 amide bonds. The SMILES string of the molecule is COc1cccc(CNCc2ncc(-c3ccc(C)cc3)s2)c1OC. The number of nitrogens with zero attached hydrogens (tertiary/aromatic N) is 1. The quantitative estimate of drug-likeness (QED) is 0.682. The summed E-state index contributed by atoms with van der Waals surface area (Å²) < 4.78 is 10.8. The fraction of sp³-hybridized carbons (Fsp3) is 0.250. The Labute approximate surface area is 152 Å². The van der Waals surface area contributed by atoms with Crippen LogP contribution in [-0.4, -0.2) is 19.2 Å². The summed E-state index contributed by atoms with van der Waals surface area (Å²) >= 11 is 1.72. The van der Waals surface area contributed by atoms with Crippen molar-refractivity contribution in [1.29, 1.82) is 0 Å². The van der Waals surface area contributed by atoms with E-state index in [2.05, 4.69) is 41.5 Å². The number of hydrogen-bond acceptors (Lipinski definition) is 5. The maximum absolute atomic E-state index is 5.46. The predicted octanol–water partition coefficient (Wildman–Crippen LogP) is 4.43. The second kappa shape index (κ2) is 8.14. The zero-order valence-electron chi connectivity index (χ0n) is 14.7. The maximum atomic E-state index is 5.46. The Morgan fingerprint density at radius 3 is 2.52 bits per heavy atom. The van der Waals surface area contributed by atoms with E-state index in [1.165, 1.54) is 16.0 Å². The van der Waals surface area contributed by atoms with Gasteiger partial charge in [0.15, 0.2) is 11.5 Å². The number of aromatic nitrogens is 1. The van der Waals surface area contributed by atoms with Gasteiger partial charge in [0.05, 0.1) is 19.1 Å². The highest BCUT2D eigenvalue weighted by Gasteiger charge is 2.09. The molecule has 0 radical (unpaired) electrons. The van der Waals surface area contributed by atoms with Crippen molar-refractivity contribution >= 4 is 11.3 Å². The van der Waals surface area contributed by atoms with Gasteiger partial charge in [-0.2, -0.15) is 0 Å². The van der Waals surface area contributed by atoms with E-state index in [1.54, 1.807) is 25.6 Å². The van der Waals surface area contributed by atoms with E-state index in [4.69, 9.17) is 9.47 Å². The fourth-order valence-corrected chi connectivity index (χ4v) is 3.53. The molecule has 2 aromatic carbocycles. The van der Waals surface area contributed by atoms with Crippen molar-refractivity contribution in [2.45, 2.75) is 20.0 Å². The molecule has 1 heterocycles. The van der Waals surface area contributed by atoms with Gasteiger partial charge in [-0.15, -0.1) is 11.3 Å².